The highest BCUT2D eigenvalue weighted by molar-refractivity contribution is 5.91. The van der Waals surface area contributed by atoms with Crippen LogP contribution in [0.15, 0.2) is 23.8 Å². The van der Waals surface area contributed by atoms with Gasteiger partial charge >= 0.3 is 11.9 Å². The van der Waals surface area contributed by atoms with Crippen molar-refractivity contribution in [3.63, 3.8) is 0 Å². The predicted molar refractivity (Wildman–Crippen MR) is 72.6 cm³/mol. The quantitative estimate of drug-likeness (QED) is 0.573. The molecule has 0 aromatic rings. The summed E-state index contributed by atoms with van der Waals surface area (Å²) in [5.41, 5.74) is 0.205. The number of ether oxygens (including phenoxy) is 2. The first-order valence-electron chi connectivity index (χ1n) is 7.21. The van der Waals surface area contributed by atoms with E-state index in [1.807, 2.05) is 12.2 Å². The van der Waals surface area contributed by atoms with Crippen molar-refractivity contribution in [3.05, 3.63) is 23.8 Å². The summed E-state index contributed by atoms with van der Waals surface area (Å²) in [6.07, 6.45) is 9.86. The van der Waals surface area contributed by atoms with E-state index in [2.05, 4.69) is 6.08 Å². The van der Waals surface area contributed by atoms with Gasteiger partial charge < -0.3 is 9.47 Å². The van der Waals surface area contributed by atoms with Gasteiger partial charge in [-0.3, -0.25) is 4.79 Å². The maximum absolute atomic E-state index is 12.4. The van der Waals surface area contributed by atoms with E-state index in [1.165, 1.54) is 14.2 Å². The topological polar surface area (TPSA) is 52.6 Å². The third-order valence-corrected chi connectivity index (χ3v) is 5.28. The highest BCUT2D eigenvalue weighted by Gasteiger charge is 2.59. The molecular weight excluding hydrogens is 256 g/mol. The van der Waals surface area contributed by atoms with E-state index in [-0.39, 0.29) is 29.7 Å². The molecule has 4 atom stereocenters. The molecule has 0 heterocycles. The maximum atomic E-state index is 12.4. The lowest BCUT2D eigenvalue weighted by Gasteiger charge is -2.54. The SMILES string of the molecule is COC(=O)C1=CC2CCC1C1CCC=CC21C(=O)OC. The number of methoxy groups -OCH3 is 2. The van der Waals surface area contributed by atoms with E-state index >= 15 is 0 Å². The van der Waals surface area contributed by atoms with Gasteiger partial charge in [0, 0.05) is 5.57 Å². The maximum Gasteiger partial charge on any atom is 0.333 e. The van der Waals surface area contributed by atoms with E-state index in [9.17, 15) is 9.59 Å². The normalized spacial score (nSPS) is 37.9. The Labute approximate surface area is 118 Å². The third kappa shape index (κ3) is 1.60. The van der Waals surface area contributed by atoms with Gasteiger partial charge in [0.15, 0.2) is 0 Å². The second-order valence-electron chi connectivity index (χ2n) is 5.91. The molecule has 108 valence electrons. The van der Waals surface area contributed by atoms with E-state index in [4.69, 9.17) is 9.47 Å². The Hall–Kier alpha value is -1.58. The Morgan fingerprint density at radius 2 is 2.00 bits per heavy atom. The van der Waals surface area contributed by atoms with Crippen LogP contribution in [0.2, 0.25) is 0 Å². The van der Waals surface area contributed by atoms with Gasteiger partial charge in [0.1, 0.15) is 0 Å². The summed E-state index contributed by atoms with van der Waals surface area (Å²) < 4.78 is 9.99. The largest absolute Gasteiger partial charge is 0.468 e. The van der Waals surface area contributed by atoms with Crippen LogP contribution in [0.5, 0.6) is 0 Å². The minimum atomic E-state index is -0.562. The fourth-order valence-corrected chi connectivity index (χ4v) is 4.47. The zero-order chi connectivity index (χ0) is 14.3. The lowest BCUT2D eigenvalue weighted by molar-refractivity contribution is -0.162. The second-order valence-corrected chi connectivity index (χ2v) is 5.91. The fourth-order valence-electron chi connectivity index (χ4n) is 4.47. The molecule has 0 saturated heterocycles. The molecule has 0 aromatic carbocycles. The molecule has 4 heteroatoms. The molecule has 0 aliphatic heterocycles. The number of rotatable bonds is 2. The molecule has 0 radical (unpaired) electrons. The first-order chi connectivity index (χ1) is 9.65. The Balaban J connectivity index is 2.09. The number of esters is 2. The predicted octanol–water partition coefficient (Wildman–Crippen LogP) is 2.25. The van der Waals surface area contributed by atoms with Gasteiger partial charge in [0.05, 0.1) is 19.6 Å². The summed E-state index contributed by atoms with van der Waals surface area (Å²) in [7, 11) is 2.86. The standard InChI is InChI=1S/C16H20O4/c1-19-14(17)12-9-10-6-7-11(12)13-5-3-4-8-16(10,13)15(18)20-2/h4,8-11,13H,3,5-7H2,1-2H3. The molecule has 2 bridgehead atoms. The molecule has 4 nitrogen and oxygen atoms in total. The molecule has 20 heavy (non-hydrogen) atoms. The smallest absolute Gasteiger partial charge is 0.333 e. The van der Waals surface area contributed by atoms with Crippen LogP contribution in [0, 0.1) is 23.2 Å². The van der Waals surface area contributed by atoms with Crippen LogP contribution >= 0.6 is 0 Å². The van der Waals surface area contributed by atoms with Crippen LogP contribution in [0.4, 0.5) is 0 Å². The summed E-state index contributed by atoms with van der Waals surface area (Å²) in [5.74, 6) is -0.0639. The van der Waals surface area contributed by atoms with Gasteiger partial charge in [-0.1, -0.05) is 18.2 Å². The zero-order valence-corrected chi connectivity index (χ0v) is 11.9. The van der Waals surface area contributed by atoms with Crippen LogP contribution in [-0.4, -0.2) is 26.2 Å². The van der Waals surface area contributed by atoms with Crippen molar-refractivity contribution in [1.82, 2.24) is 0 Å². The van der Waals surface area contributed by atoms with Crippen molar-refractivity contribution in [3.8, 4) is 0 Å². The molecule has 1 saturated carbocycles. The zero-order valence-electron chi connectivity index (χ0n) is 11.9. The Morgan fingerprint density at radius 1 is 1.20 bits per heavy atom. The van der Waals surface area contributed by atoms with Crippen molar-refractivity contribution < 1.29 is 19.1 Å². The Morgan fingerprint density at radius 3 is 2.70 bits per heavy atom. The summed E-state index contributed by atoms with van der Waals surface area (Å²) in [6, 6.07) is 0. The monoisotopic (exact) mass is 276 g/mol. The van der Waals surface area contributed by atoms with Crippen LogP contribution in [-0.2, 0) is 19.1 Å². The average Bonchev–Trinajstić information content (AvgIpc) is 2.53. The van der Waals surface area contributed by atoms with Gasteiger partial charge in [0.25, 0.3) is 0 Å². The lowest BCUT2D eigenvalue weighted by Crippen LogP contribution is -2.54. The summed E-state index contributed by atoms with van der Waals surface area (Å²) in [6.45, 7) is 0. The molecule has 4 aliphatic carbocycles. The van der Waals surface area contributed by atoms with Gasteiger partial charge in [-0.15, -0.1) is 0 Å². The fraction of sp³-hybridized carbons (Fsp3) is 0.625. The van der Waals surface area contributed by atoms with Crippen molar-refractivity contribution in [2.75, 3.05) is 14.2 Å². The van der Waals surface area contributed by atoms with E-state index in [0.717, 1.165) is 31.3 Å². The molecule has 0 N–H and O–H groups in total. The highest BCUT2D eigenvalue weighted by Crippen LogP contribution is 2.59. The highest BCUT2D eigenvalue weighted by atomic mass is 16.5. The number of hydrogen-bond donors (Lipinski definition) is 0. The molecule has 0 aromatic heterocycles. The summed E-state index contributed by atoms with van der Waals surface area (Å²) >= 11 is 0. The molecule has 1 fully saturated rings. The lowest BCUT2D eigenvalue weighted by atomic mass is 9.48. The van der Waals surface area contributed by atoms with Gasteiger partial charge in [0.2, 0.25) is 0 Å². The number of allylic oxidation sites excluding steroid dienone is 2. The van der Waals surface area contributed by atoms with Gasteiger partial charge in [-0.05, 0) is 43.4 Å². The number of fused-ring (bicyclic) bond motifs is 1. The first kappa shape index (κ1) is 13.4. The molecular formula is C16H20O4. The Bertz CT molecular complexity index is 505. The minimum absolute atomic E-state index is 0.0515. The van der Waals surface area contributed by atoms with Crippen LogP contribution in [0.1, 0.15) is 25.7 Å². The van der Waals surface area contributed by atoms with E-state index in [0.29, 0.717) is 0 Å². The van der Waals surface area contributed by atoms with Gasteiger partial charge in [-0.2, -0.15) is 0 Å². The summed E-state index contributed by atoms with van der Waals surface area (Å²) in [4.78, 5) is 24.4. The third-order valence-electron chi connectivity index (χ3n) is 5.28. The Kier molecular flexibility index (Phi) is 3.19. The van der Waals surface area contributed by atoms with Crippen molar-refractivity contribution in [1.29, 1.82) is 0 Å². The average molecular weight is 276 g/mol. The molecule has 4 unspecified atom stereocenters. The molecule has 0 spiro atoms. The minimum Gasteiger partial charge on any atom is -0.468 e. The number of hydrogen-bond acceptors (Lipinski definition) is 4. The number of carbonyl (C=O) groups is 2. The van der Waals surface area contributed by atoms with E-state index in [1.54, 1.807) is 0 Å². The van der Waals surface area contributed by atoms with Crippen LogP contribution in [0.3, 0.4) is 0 Å². The number of carbonyl (C=O) groups excluding carboxylic acids is 2. The molecule has 4 aliphatic rings. The van der Waals surface area contributed by atoms with Crippen molar-refractivity contribution in [2.45, 2.75) is 25.7 Å². The second kappa shape index (κ2) is 4.76. The van der Waals surface area contributed by atoms with Crippen molar-refractivity contribution in [2.24, 2.45) is 23.2 Å². The van der Waals surface area contributed by atoms with Crippen molar-refractivity contribution >= 4 is 11.9 Å². The van der Waals surface area contributed by atoms with Gasteiger partial charge in [-0.25, -0.2) is 4.79 Å². The first-order valence-corrected chi connectivity index (χ1v) is 7.21. The van der Waals surface area contributed by atoms with Crippen LogP contribution < -0.4 is 0 Å². The molecule has 0 amide bonds. The van der Waals surface area contributed by atoms with Crippen LogP contribution in [0.25, 0.3) is 0 Å². The molecule has 4 rings (SSSR count). The van der Waals surface area contributed by atoms with E-state index < -0.39 is 5.41 Å². The summed E-state index contributed by atoms with van der Waals surface area (Å²) in [5, 5.41) is 0.